The van der Waals surface area contributed by atoms with Crippen molar-refractivity contribution in [2.24, 2.45) is 0 Å². The molecule has 0 fully saturated rings. The van der Waals surface area contributed by atoms with Gasteiger partial charge in [-0.2, -0.15) is 0 Å². The number of nitrogens with zero attached hydrogens (tertiary/aromatic N) is 1. The highest BCUT2D eigenvalue weighted by atomic mass is 32.2. The highest BCUT2D eigenvalue weighted by molar-refractivity contribution is 7.92. The van der Waals surface area contributed by atoms with Crippen LogP contribution >= 0.6 is 0 Å². The van der Waals surface area contributed by atoms with Crippen LogP contribution in [0.3, 0.4) is 0 Å². The number of aryl methyl sites for hydroxylation is 2. The van der Waals surface area contributed by atoms with E-state index in [9.17, 15) is 13.2 Å². The van der Waals surface area contributed by atoms with Crippen LogP contribution in [0.15, 0.2) is 80.8 Å². The number of benzene rings is 3. The molecule has 3 aromatic carbocycles. The number of rotatable bonds is 6. The van der Waals surface area contributed by atoms with Crippen LogP contribution in [0.25, 0.3) is 11.1 Å². The number of ether oxygens (including phenoxy) is 1. The standard InChI is InChI=1S/C22H20N2O5S/c1-3-24-18-13-15(2)21(14-20(18)29-22(24)25)30(26,27)23-17-11-7-8-12-19(17)28-16-9-5-4-6-10-16/h4-14,23H,3H2,1-2H3. The SMILES string of the molecule is CCn1c(=O)oc2cc(S(=O)(=O)Nc3ccccc3Oc3ccccc3)c(C)cc21. The monoisotopic (exact) mass is 424 g/mol. The first-order valence-corrected chi connectivity index (χ1v) is 10.9. The van der Waals surface area contributed by atoms with Gasteiger partial charge in [-0.15, -0.1) is 0 Å². The van der Waals surface area contributed by atoms with Crippen LogP contribution in [0.4, 0.5) is 5.69 Å². The molecule has 1 heterocycles. The van der Waals surface area contributed by atoms with Crippen LogP contribution in [0, 0.1) is 6.92 Å². The smallest absolute Gasteiger partial charge is 0.419 e. The Morgan fingerprint density at radius 2 is 1.73 bits per heavy atom. The molecule has 154 valence electrons. The molecule has 0 aliphatic rings. The Morgan fingerprint density at radius 1 is 1.03 bits per heavy atom. The van der Waals surface area contributed by atoms with E-state index in [4.69, 9.17) is 9.15 Å². The van der Waals surface area contributed by atoms with E-state index in [-0.39, 0.29) is 10.5 Å². The molecule has 0 spiro atoms. The third-order valence-corrected chi connectivity index (χ3v) is 6.18. The van der Waals surface area contributed by atoms with Gasteiger partial charge < -0.3 is 9.15 Å². The molecule has 0 saturated heterocycles. The molecule has 1 N–H and O–H groups in total. The molecule has 30 heavy (non-hydrogen) atoms. The summed E-state index contributed by atoms with van der Waals surface area (Å²) in [7, 11) is -3.96. The van der Waals surface area contributed by atoms with Gasteiger partial charge >= 0.3 is 5.76 Å². The minimum absolute atomic E-state index is 0.0292. The molecule has 0 saturated carbocycles. The van der Waals surface area contributed by atoms with Gasteiger partial charge in [0.25, 0.3) is 10.0 Å². The summed E-state index contributed by atoms with van der Waals surface area (Å²) in [6.45, 7) is 3.93. The zero-order chi connectivity index (χ0) is 21.3. The first-order chi connectivity index (χ1) is 14.4. The summed E-state index contributed by atoms with van der Waals surface area (Å²) in [5.74, 6) is 0.440. The van der Waals surface area contributed by atoms with Gasteiger partial charge in [-0.25, -0.2) is 13.2 Å². The van der Waals surface area contributed by atoms with Gasteiger partial charge in [-0.3, -0.25) is 9.29 Å². The van der Waals surface area contributed by atoms with Gasteiger partial charge in [0.15, 0.2) is 11.3 Å². The van der Waals surface area contributed by atoms with Gasteiger partial charge in [0, 0.05) is 12.6 Å². The molecule has 7 nitrogen and oxygen atoms in total. The van der Waals surface area contributed by atoms with Gasteiger partial charge in [-0.05, 0) is 49.7 Å². The Balaban J connectivity index is 1.72. The van der Waals surface area contributed by atoms with Crippen molar-refractivity contribution in [2.45, 2.75) is 25.3 Å². The molecule has 0 atom stereocenters. The van der Waals surface area contributed by atoms with E-state index in [1.54, 1.807) is 49.4 Å². The van der Waals surface area contributed by atoms with Gasteiger partial charge in [0.2, 0.25) is 0 Å². The maximum Gasteiger partial charge on any atom is 0.419 e. The largest absolute Gasteiger partial charge is 0.455 e. The number of hydrogen-bond donors (Lipinski definition) is 1. The molecular formula is C22H20N2O5S. The number of para-hydroxylation sites is 3. The summed E-state index contributed by atoms with van der Waals surface area (Å²) >= 11 is 0. The average Bonchev–Trinajstić information content (AvgIpc) is 3.03. The highest BCUT2D eigenvalue weighted by Gasteiger charge is 2.22. The molecule has 4 rings (SSSR count). The maximum absolute atomic E-state index is 13.1. The number of oxazole rings is 1. The van der Waals surface area contributed by atoms with Gasteiger partial charge in [0.1, 0.15) is 5.75 Å². The fourth-order valence-electron chi connectivity index (χ4n) is 3.24. The Morgan fingerprint density at radius 3 is 2.47 bits per heavy atom. The zero-order valence-electron chi connectivity index (χ0n) is 16.5. The summed E-state index contributed by atoms with van der Waals surface area (Å²) in [6, 6.07) is 18.9. The molecular weight excluding hydrogens is 404 g/mol. The van der Waals surface area contributed by atoms with Crippen molar-refractivity contribution in [2.75, 3.05) is 4.72 Å². The first-order valence-electron chi connectivity index (χ1n) is 9.38. The van der Waals surface area contributed by atoms with E-state index < -0.39 is 15.8 Å². The summed E-state index contributed by atoms with van der Waals surface area (Å²) in [5, 5.41) is 0. The molecule has 0 aliphatic carbocycles. The second kappa shape index (κ2) is 7.72. The van der Waals surface area contributed by atoms with Crippen molar-refractivity contribution >= 4 is 26.8 Å². The number of aromatic nitrogens is 1. The average molecular weight is 424 g/mol. The third kappa shape index (κ3) is 3.69. The minimum atomic E-state index is -3.96. The minimum Gasteiger partial charge on any atom is -0.455 e. The predicted molar refractivity (Wildman–Crippen MR) is 115 cm³/mol. The van der Waals surface area contributed by atoms with Crippen LogP contribution in [0.5, 0.6) is 11.5 Å². The van der Waals surface area contributed by atoms with E-state index in [2.05, 4.69) is 4.72 Å². The van der Waals surface area contributed by atoms with Crippen LogP contribution in [0.1, 0.15) is 12.5 Å². The summed E-state index contributed by atoms with van der Waals surface area (Å²) in [6.07, 6.45) is 0. The van der Waals surface area contributed by atoms with Crippen molar-refractivity contribution in [3.05, 3.63) is 82.8 Å². The van der Waals surface area contributed by atoms with E-state index >= 15 is 0 Å². The molecule has 1 aromatic heterocycles. The zero-order valence-corrected chi connectivity index (χ0v) is 17.3. The van der Waals surface area contributed by atoms with Crippen molar-refractivity contribution in [3.8, 4) is 11.5 Å². The Kier molecular flexibility index (Phi) is 5.09. The van der Waals surface area contributed by atoms with Crippen molar-refractivity contribution in [1.82, 2.24) is 4.57 Å². The predicted octanol–water partition coefficient (Wildman–Crippen LogP) is 4.52. The van der Waals surface area contributed by atoms with Crippen LogP contribution in [-0.4, -0.2) is 13.0 Å². The van der Waals surface area contributed by atoms with E-state index in [1.165, 1.54) is 10.6 Å². The molecule has 0 aliphatic heterocycles. The number of fused-ring (bicyclic) bond motifs is 1. The van der Waals surface area contributed by atoms with Gasteiger partial charge in [-0.1, -0.05) is 30.3 Å². The van der Waals surface area contributed by atoms with Crippen molar-refractivity contribution < 1.29 is 17.6 Å². The summed E-state index contributed by atoms with van der Waals surface area (Å²) in [4.78, 5) is 12.0. The number of nitrogens with one attached hydrogen (secondary N) is 1. The third-order valence-electron chi connectivity index (χ3n) is 4.67. The Bertz CT molecular complexity index is 1370. The van der Waals surface area contributed by atoms with E-state index in [0.29, 0.717) is 34.8 Å². The Labute approximate surface area is 173 Å². The molecule has 0 unspecified atom stereocenters. The number of anilines is 1. The second-order valence-corrected chi connectivity index (χ2v) is 8.37. The summed E-state index contributed by atoms with van der Waals surface area (Å²) < 4.78 is 41.4. The molecule has 4 aromatic rings. The molecule has 0 radical (unpaired) electrons. The lowest BCUT2D eigenvalue weighted by molar-refractivity contribution is 0.485. The number of sulfonamides is 1. The molecule has 8 heteroatoms. The van der Waals surface area contributed by atoms with Gasteiger partial charge in [0.05, 0.1) is 16.1 Å². The lowest BCUT2D eigenvalue weighted by atomic mass is 10.2. The van der Waals surface area contributed by atoms with Crippen LogP contribution in [0.2, 0.25) is 0 Å². The molecule has 0 bridgehead atoms. The van der Waals surface area contributed by atoms with E-state index in [1.807, 2.05) is 25.1 Å². The Hall–Kier alpha value is -3.52. The van der Waals surface area contributed by atoms with Crippen LogP contribution < -0.4 is 15.2 Å². The fourth-order valence-corrected chi connectivity index (χ4v) is 4.55. The topological polar surface area (TPSA) is 90.5 Å². The van der Waals surface area contributed by atoms with E-state index in [0.717, 1.165) is 0 Å². The highest BCUT2D eigenvalue weighted by Crippen LogP contribution is 2.32. The molecule has 0 amide bonds. The first kappa shape index (κ1) is 19.8. The lowest BCUT2D eigenvalue weighted by Crippen LogP contribution is -2.15. The fraction of sp³-hybridized carbons (Fsp3) is 0.136. The maximum atomic E-state index is 13.1. The van der Waals surface area contributed by atoms with Crippen molar-refractivity contribution in [3.63, 3.8) is 0 Å². The lowest BCUT2D eigenvalue weighted by Gasteiger charge is -2.14. The normalized spacial score (nSPS) is 11.5. The van der Waals surface area contributed by atoms with Crippen LogP contribution in [-0.2, 0) is 16.6 Å². The number of hydrogen-bond acceptors (Lipinski definition) is 5. The second-order valence-electron chi connectivity index (χ2n) is 6.71. The summed E-state index contributed by atoms with van der Waals surface area (Å²) in [5.41, 5.74) is 1.58. The quantitative estimate of drug-likeness (QED) is 0.492. The van der Waals surface area contributed by atoms with Crippen molar-refractivity contribution in [1.29, 1.82) is 0 Å².